The molecular formula is C10H18N2O4. The van der Waals surface area contributed by atoms with Crippen LogP contribution in [0.4, 0.5) is 0 Å². The van der Waals surface area contributed by atoms with Crippen molar-refractivity contribution in [1.29, 1.82) is 0 Å². The minimum absolute atomic E-state index is 0.148. The van der Waals surface area contributed by atoms with Gasteiger partial charge in [-0.05, 0) is 13.3 Å². The van der Waals surface area contributed by atoms with E-state index in [2.05, 4.69) is 10.3 Å². The highest BCUT2D eigenvalue weighted by molar-refractivity contribution is 5.76. The van der Waals surface area contributed by atoms with Gasteiger partial charge in [-0.25, -0.2) is 4.99 Å². The van der Waals surface area contributed by atoms with E-state index in [0.717, 1.165) is 0 Å². The Morgan fingerprint density at radius 3 is 2.81 bits per heavy atom. The number of nitrogens with zero attached hydrogens (tertiary/aromatic N) is 1. The minimum atomic E-state index is -0.930. The van der Waals surface area contributed by atoms with Crippen LogP contribution >= 0.6 is 0 Å². The van der Waals surface area contributed by atoms with Gasteiger partial charge in [-0.3, -0.25) is 0 Å². The maximum Gasteiger partial charge on any atom is 0.285 e. The number of aliphatic imine (C=N–C) groups is 1. The number of rotatable bonds is 2. The van der Waals surface area contributed by atoms with Gasteiger partial charge < -0.3 is 25.4 Å². The highest BCUT2D eigenvalue weighted by Crippen LogP contribution is 2.30. The Hall–Kier alpha value is -0.850. The van der Waals surface area contributed by atoms with Crippen LogP contribution in [0.25, 0.3) is 0 Å². The molecule has 1 aliphatic carbocycles. The fourth-order valence-corrected chi connectivity index (χ4v) is 2.32. The van der Waals surface area contributed by atoms with Crippen LogP contribution in [0.15, 0.2) is 4.99 Å². The predicted octanol–water partition coefficient (Wildman–Crippen LogP) is -1.55. The van der Waals surface area contributed by atoms with E-state index in [4.69, 9.17) is 9.84 Å². The van der Waals surface area contributed by atoms with Crippen LogP contribution in [0.3, 0.4) is 0 Å². The summed E-state index contributed by atoms with van der Waals surface area (Å²) in [5, 5.41) is 31.7. The summed E-state index contributed by atoms with van der Waals surface area (Å²) >= 11 is 0. The second-order valence-corrected chi connectivity index (χ2v) is 4.27. The van der Waals surface area contributed by atoms with E-state index in [-0.39, 0.29) is 24.7 Å². The van der Waals surface area contributed by atoms with Crippen molar-refractivity contribution in [2.75, 3.05) is 13.2 Å². The van der Waals surface area contributed by atoms with E-state index < -0.39 is 12.2 Å². The Morgan fingerprint density at radius 2 is 2.19 bits per heavy atom. The summed E-state index contributed by atoms with van der Waals surface area (Å²) in [4.78, 5) is 4.09. The Morgan fingerprint density at radius 1 is 1.44 bits per heavy atom. The van der Waals surface area contributed by atoms with Crippen molar-refractivity contribution >= 4 is 6.02 Å². The number of aliphatic hydroxyl groups excluding tert-OH is 3. The number of aliphatic hydroxyl groups is 3. The van der Waals surface area contributed by atoms with Gasteiger partial charge in [0, 0.05) is 19.1 Å². The molecule has 4 N–H and O–H groups in total. The van der Waals surface area contributed by atoms with Gasteiger partial charge in [0.05, 0.1) is 12.1 Å². The first-order chi connectivity index (χ1) is 7.67. The maximum absolute atomic E-state index is 9.88. The molecule has 16 heavy (non-hydrogen) atoms. The lowest BCUT2D eigenvalue weighted by atomic mass is 9.80. The van der Waals surface area contributed by atoms with Crippen LogP contribution in [0.5, 0.6) is 0 Å². The summed E-state index contributed by atoms with van der Waals surface area (Å²) in [7, 11) is 0. The molecule has 1 heterocycles. The van der Waals surface area contributed by atoms with Gasteiger partial charge in [0.1, 0.15) is 12.2 Å². The summed E-state index contributed by atoms with van der Waals surface area (Å²) in [6, 6.07) is 0.0884. The lowest BCUT2D eigenvalue weighted by Gasteiger charge is -2.37. The van der Waals surface area contributed by atoms with E-state index in [9.17, 15) is 10.2 Å². The van der Waals surface area contributed by atoms with Crippen LogP contribution in [0.1, 0.15) is 13.3 Å². The lowest BCUT2D eigenvalue weighted by molar-refractivity contribution is -0.0948. The molecule has 0 aromatic rings. The number of hydrogen-bond donors (Lipinski definition) is 4. The quantitative estimate of drug-likeness (QED) is 0.461. The third-order valence-corrected chi connectivity index (χ3v) is 3.23. The van der Waals surface area contributed by atoms with Crippen molar-refractivity contribution in [3.05, 3.63) is 0 Å². The van der Waals surface area contributed by atoms with Crippen molar-refractivity contribution in [3.63, 3.8) is 0 Å². The molecule has 1 saturated heterocycles. The minimum Gasteiger partial charge on any atom is -0.460 e. The molecule has 6 nitrogen and oxygen atoms in total. The topological polar surface area (TPSA) is 94.3 Å². The summed E-state index contributed by atoms with van der Waals surface area (Å²) in [5.41, 5.74) is 0. The first-order valence-electron chi connectivity index (χ1n) is 5.62. The molecule has 5 atom stereocenters. The number of amidine groups is 1. The van der Waals surface area contributed by atoms with Crippen LogP contribution in [0.2, 0.25) is 0 Å². The molecule has 0 spiro atoms. The van der Waals surface area contributed by atoms with Gasteiger partial charge in [-0.15, -0.1) is 0 Å². The van der Waals surface area contributed by atoms with E-state index >= 15 is 0 Å². The van der Waals surface area contributed by atoms with Crippen molar-refractivity contribution in [2.24, 2.45) is 10.9 Å². The van der Waals surface area contributed by atoms with Crippen molar-refractivity contribution in [2.45, 2.75) is 37.7 Å². The molecular weight excluding hydrogens is 212 g/mol. The molecule has 0 aromatic carbocycles. The van der Waals surface area contributed by atoms with Crippen LogP contribution < -0.4 is 5.32 Å². The maximum atomic E-state index is 9.88. The molecule has 0 aromatic heterocycles. The average molecular weight is 230 g/mol. The standard InChI is InChI=1S/C10H18N2O4/c1-2-11-10-12-7-6(16-10)3-5(4-13)8(14)9(7)15/h5-9,13-15H,2-4H2,1H3,(H,11,12)/t5-,6+,7+,8-,9-/m0/s1. The molecule has 2 fully saturated rings. The van der Waals surface area contributed by atoms with Gasteiger partial charge in [-0.1, -0.05) is 0 Å². The third-order valence-electron chi connectivity index (χ3n) is 3.23. The number of hydrogen-bond acceptors (Lipinski definition) is 5. The first-order valence-corrected chi connectivity index (χ1v) is 5.62. The van der Waals surface area contributed by atoms with Crippen LogP contribution in [0, 0.1) is 5.92 Å². The molecule has 1 aliphatic heterocycles. The first kappa shape index (κ1) is 11.6. The van der Waals surface area contributed by atoms with Crippen LogP contribution in [-0.2, 0) is 4.74 Å². The van der Waals surface area contributed by atoms with Crippen molar-refractivity contribution in [3.8, 4) is 0 Å². The molecule has 0 unspecified atom stereocenters. The molecule has 92 valence electrons. The Labute approximate surface area is 94.0 Å². The molecule has 0 amide bonds. The summed E-state index contributed by atoms with van der Waals surface area (Å²) in [6.45, 7) is 2.34. The van der Waals surface area contributed by atoms with E-state index in [1.807, 2.05) is 6.92 Å². The zero-order chi connectivity index (χ0) is 11.7. The molecule has 6 heteroatoms. The number of ether oxygens (including phenoxy) is 1. The van der Waals surface area contributed by atoms with Crippen LogP contribution in [-0.4, -0.2) is 58.8 Å². The monoisotopic (exact) mass is 230 g/mol. The average Bonchev–Trinajstić information content (AvgIpc) is 2.67. The van der Waals surface area contributed by atoms with Gasteiger partial charge in [0.15, 0.2) is 0 Å². The fourth-order valence-electron chi connectivity index (χ4n) is 2.32. The largest absolute Gasteiger partial charge is 0.460 e. The summed E-state index contributed by atoms with van der Waals surface area (Å²) < 4.78 is 5.51. The number of nitrogens with one attached hydrogen (secondary N) is 1. The van der Waals surface area contributed by atoms with Gasteiger partial charge in [0.25, 0.3) is 6.02 Å². The molecule has 1 saturated carbocycles. The van der Waals surface area contributed by atoms with E-state index in [0.29, 0.717) is 19.0 Å². The highest BCUT2D eigenvalue weighted by Gasteiger charge is 2.48. The number of fused-ring (bicyclic) bond motifs is 1. The Bertz CT molecular complexity index is 284. The zero-order valence-corrected chi connectivity index (χ0v) is 9.21. The second kappa shape index (κ2) is 4.57. The van der Waals surface area contributed by atoms with Gasteiger partial charge in [-0.2, -0.15) is 0 Å². The highest BCUT2D eigenvalue weighted by atomic mass is 16.5. The third kappa shape index (κ3) is 1.88. The molecule has 0 radical (unpaired) electrons. The van der Waals surface area contributed by atoms with Gasteiger partial charge >= 0.3 is 0 Å². The second-order valence-electron chi connectivity index (χ2n) is 4.27. The summed E-state index contributed by atoms with van der Waals surface area (Å²) in [5.74, 6) is -0.334. The Kier molecular flexibility index (Phi) is 3.32. The van der Waals surface area contributed by atoms with E-state index in [1.165, 1.54) is 0 Å². The summed E-state index contributed by atoms with van der Waals surface area (Å²) in [6.07, 6.45) is -1.54. The van der Waals surface area contributed by atoms with Crippen molar-refractivity contribution < 1.29 is 20.1 Å². The lowest BCUT2D eigenvalue weighted by Crippen LogP contribution is -2.56. The smallest absolute Gasteiger partial charge is 0.285 e. The SMILES string of the molecule is CCN=C1N[C@H]2[C@H](O)[C@@H](O)[C@H](CO)C[C@H]2O1. The Balaban J connectivity index is 2.10. The van der Waals surface area contributed by atoms with Crippen molar-refractivity contribution in [1.82, 2.24) is 5.32 Å². The normalized spacial score (nSPS) is 45.0. The molecule has 2 rings (SSSR count). The fraction of sp³-hybridized carbons (Fsp3) is 0.900. The van der Waals surface area contributed by atoms with Gasteiger partial charge in [0.2, 0.25) is 0 Å². The predicted molar refractivity (Wildman–Crippen MR) is 57.0 cm³/mol. The molecule has 2 aliphatic rings. The molecule has 0 bridgehead atoms. The zero-order valence-electron chi connectivity index (χ0n) is 9.21. The van der Waals surface area contributed by atoms with E-state index in [1.54, 1.807) is 0 Å².